The molecule has 0 bridgehead atoms. The summed E-state index contributed by atoms with van der Waals surface area (Å²) >= 11 is 0. The van der Waals surface area contributed by atoms with Gasteiger partial charge in [-0.2, -0.15) is 13.2 Å². The van der Waals surface area contributed by atoms with Crippen molar-refractivity contribution in [3.05, 3.63) is 12.7 Å². The molecule has 19 heavy (non-hydrogen) atoms. The Morgan fingerprint density at radius 2 is 2.05 bits per heavy atom. The van der Waals surface area contributed by atoms with Gasteiger partial charge in [0, 0.05) is 6.04 Å². The fourth-order valence-electron chi connectivity index (χ4n) is 1.63. The Morgan fingerprint density at radius 1 is 1.47 bits per heavy atom. The molecule has 1 unspecified atom stereocenters. The van der Waals surface area contributed by atoms with Gasteiger partial charge >= 0.3 is 18.2 Å². The lowest BCUT2D eigenvalue weighted by Gasteiger charge is -2.31. The summed E-state index contributed by atoms with van der Waals surface area (Å²) in [4.78, 5) is 22.6. The van der Waals surface area contributed by atoms with Gasteiger partial charge in [-0.05, 0) is 12.8 Å². The van der Waals surface area contributed by atoms with Crippen LogP contribution in [0.2, 0.25) is 0 Å². The zero-order valence-electron chi connectivity index (χ0n) is 10.0. The number of nitrogens with zero attached hydrogens (tertiary/aromatic N) is 1. The molecule has 0 aromatic rings. The van der Waals surface area contributed by atoms with Crippen LogP contribution in [0.4, 0.5) is 18.0 Å². The van der Waals surface area contributed by atoms with E-state index < -0.39 is 36.7 Å². The Hall–Kier alpha value is -1.73. The van der Waals surface area contributed by atoms with Gasteiger partial charge in [0.15, 0.2) is 0 Å². The van der Waals surface area contributed by atoms with Crippen molar-refractivity contribution in [1.82, 2.24) is 4.90 Å². The highest BCUT2D eigenvalue weighted by molar-refractivity contribution is 5.72. The average molecular weight is 281 g/mol. The van der Waals surface area contributed by atoms with Crippen LogP contribution < -0.4 is 0 Å². The van der Waals surface area contributed by atoms with E-state index in [0.29, 0.717) is 17.7 Å². The molecule has 0 spiro atoms. The Kier molecular flexibility index (Phi) is 4.79. The minimum absolute atomic E-state index is 0.223. The maximum atomic E-state index is 12.9. The van der Waals surface area contributed by atoms with Gasteiger partial charge in [-0.3, -0.25) is 9.69 Å². The van der Waals surface area contributed by atoms with Crippen LogP contribution >= 0.6 is 0 Å². The number of aliphatic carboxylic acids is 1. The SMILES string of the molecule is C=CCOC(=O)N(C1CC1)C(CC(=O)O)C(F)(F)F. The van der Waals surface area contributed by atoms with Crippen molar-refractivity contribution in [3.8, 4) is 0 Å². The summed E-state index contributed by atoms with van der Waals surface area (Å²) in [5, 5.41) is 8.56. The minimum atomic E-state index is -4.81. The zero-order chi connectivity index (χ0) is 14.6. The van der Waals surface area contributed by atoms with Gasteiger partial charge in [0.1, 0.15) is 12.6 Å². The number of amides is 1. The maximum Gasteiger partial charge on any atom is 0.410 e. The Morgan fingerprint density at radius 3 is 2.42 bits per heavy atom. The second-order valence-corrected chi connectivity index (χ2v) is 4.16. The molecule has 1 fully saturated rings. The lowest BCUT2D eigenvalue weighted by atomic mass is 10.1. The summed E-state index contributed by atoms with van der Waals surface area (Å²) < 4.78 is 43.2. The molecule has 5 nitrogen and oxygen atoms in total. The van der Waals surface area contributed by atoms with Crippen molar-refractivity contribution in [3.63, 3.8) is 0 Å². The van der Waals surface area contributed by atoms with Gasteiger partial charge in [0.05, 0.1) is 6.42 Å². The van der Waals surface area contributed by atoms with Crippen LogP contribution in [0.1, 0.15) is 19.3 Å². The normalized spacial score (nSPS) is 16.6. The van der Waals surface area contributed by atoms with Crippen LogP contribution in [0.25, 0.3) is 0 Å². The summed E-state index contributed by atoms with van der Waals surface area (Å²) in [6.07, 6.45) is -5.11. The van der Waals surface area contributed by atoms with Crippen LogP contribution in [0.15, 0.2) is 12.7 Å². The summed E-state index contributed by atoms with van der Waals surface area (Å²) in [5.74, 6) is -1.62. The monoisotopic (exact) mass is 281 g/mol. The fraction of sp³-hybridized carbons (Fsp3) is 0.636. The van der Waals surface area contributed by atoms with Crippen LogP contribution in [0, 0.1) is 0 Å². The number of halogens is 3. The van der Waals surface area contributed by atoms with Gasteiger partial charge < -0.3 is 9.84 Å². The molecule has 1 rings (SSSR count). The third kappa shape index (κ3) is 4.46. The molecule has 1 amide bonds. The lowest BCUT2D eigenvalue weighted by Crippen LogP contribution is -2.51. The van der Waals surface area contributed by atoms with Gasteiger partial charge in [0.25, 0.3) is 0 Å². The number of rotatable bonds is 6. The quantitative estimate of drug-likeness (QED) is 0.758. The molecule has 1 aliphatic rings. The Labute approximate surface area is 107 Å². The van der Waals surface area contributed by atoms with Gasteiger partial charge in [-0.15, -0.1) is 0 Å². The number of carbonyl (C=O) groups excluding carboxylic acids is 1. The number of ether oxygens (including phenoxy) is 1. The standard InChI is InChI=1S/C11H14F3NO4/c1-2-5-19-10(18)15(7-3-4-7)8(6-9(16)17)11(12,13)14/h2,7-8H,1,3-6H2,(H,16,17). The first-order valence-electron chi connectivity index (χ1n) is 5.62. The molecule has 1 aliphatic carbocycles. The van der Waals surface area contributed by atoms with E-state index in [2.05, 4.69) is 11.3 Å². The van der Waals surface area contributed by atoms with Crippen molar-refractivity contribution in [2.24, 2.45) is 0 Å². The number of hydrogen-bond donors (Lipinski definition) is 1. The predicted molar refractivity (Wildman–Crippen MR) is 58.5 cm³/mol. The number of carboxylic acid groups (broad SMARTS) is 1. The molecule has 8 heteroatoms. The first kappa shape index (κ1) is 15.3. The summed E-state index contributed by atoms with van der Waals surface area (Å²) in [5.41, 5.74) is 0. The molecule has 1 saturated carbocycles. The van der Waals surface area contributed by atoms with E-state index in [1.165, 1.54) is 6.08 Å². The molecule has 1 atom stereocenters. The second-order valence-electron chi connectivity index (χ2n) is 4.16. The first-order chi connectivity index (χ1) is 8.77. The molecular formula is C11H14F3NO4. The smallest absolute Gasteiger partial charge is 0.410 e. The van der Waals surface area contributed by atoms with E-state index >= 15 is 0 Å². The largest absolute Gasteiger partial charge is 0.481 e. The summed E-state index contributed by atoms with van der Waals surface area (Å²) in [7, 11) is 0. The zero-order valence-corrected chi connectivity index (χ0v) is 10.0. The molecule has 0 aromatic heterocycles. The molecule has 108 valence electrons. The molecule has 0 aromatic carbocycles. The summed E-state index contributed by atoms with van der Waals surface area (Å²) in [6.45, 7) is 3.06. The molecule has 0 heterocycles. The number of hydrogen-bond acceptors (Lipinski definition) is 3. The predicted octanol–water partition coefficient (Wildman–Crippen LogP) is 2.18. The average Bonchev–Trinajstić information content (AvgIpc) is 3.08. The van der Waals surface area contributed by atoms with Crippen LogP contribution in [-0.2, 0) is 9.53 Å². The van der Waals surface area contributed by atoms with Gasteiger partial charge in [-0.1, -0.05) is 12.7 Å². The molecule has 1 N–H and O–H groups in total. The number of carbonyl (C=O) groups is 2. The van der Waals surface area contributed by atoms with Crippen molar-refractivity contribution in [2.45, 2.75) is 37.5 Å². The van der Waals surface area contributed by atoms with E-state index in [4.69, 9.17) is 5.11 Å². The van der Waals surface area contributed by atoms with E-state index in [1.807, 2.05) is 0 Å². The Balaban J connectivity index is 2.88. The number of carboxylic acids is 1. The topological polar surface area (TPSA) is 66.8 Å². The lowest BCUT2D eigenvalue weighted by molar-refractivity contribution is -0.187. The van der Waals surface area contributed by atoms with E-state index in [0.717, 1.165) is 0 Å². The minimum Gasteiger partial charge on any atom is -0.481 e. The highest BCUT2D eigenvalue weighted by Gasteiger charge is 2.51. The van der Waals surface area contributed by atoms with Gasteiger partial charge in [0.2, 0.25) is 0 Å². The van der Waals surface area contributed by atoms with E-state index in [9.17, 15) is 22.8 Å². The van der Waals surface area contributed by atoms with Crippen molar-refractivity contribution >= 4 is 12.1 Å². The number of alkyl halides is 3. The Bertz CT molecular complexity index is 365. The van der Waals surface area contributed by atoms with Crippen molar-refractivity contribution in [1.29, 1.82) is 0 Å². The summed E-state index contributed by atoms with van der Waals surface area (Å²) in [6, 6.07) is -2.97. The fourth-order valence-corrected chi connectivity index (χ4v) is 1.63. The van der Waals surface area contributed by atoms with E-state index in [-0.39, 0.29) is 6.61 Å². The van der Waals surface area contributed by atoms with Crippen LogP contribution in [0.3, 0.4) is 0 Å². The molecular weight excluding hydrogens is 267 g/mol. The van der Waals surface area contributed by atoms with Crippen molar-refractivity contribution < 1.29 is 32.6 Å². The van der Waals surface area contributed by atoms with Crippen LogP contribution in [0.5, 0.6) is 0 Å². The molecule has 0 saturated heterocycles. The van der Waals surface area contributed by atoms with Crippen molar-refractivity contribution in [2.75, 3.05) is 6.61 Å². The first-order valence-corrected chi connectivity index (χ1v) is 5.62. The van der Waals surface area contributed by atoms with E-state index in [1.54, 1.807) is 0 Å². The second kappa shape index (κ2) is 5.94. The molecule has 0 radical (unpaired) electrons. The third-order valence-corrected chi connectivity index (χ3v) is 2.56. The maximum absolute atomic E-state index is 12.9. The van der Waals surface area contributed by atoms with Gasteiger partial charge in [-0.25, -0.2) is 4.79 Å². The van der Waals surface area contributed by atoms with Crippen LogP contribution in [-0.4, -0.2) is 46.9 Å². The molecule has 0 aliphatic heterocycles. The highest BCUT2D eigenvalue weighted by Crippen LogP contribution is 2.36. The third-order valence-electron chi connectivity index (χ3n) is 2.56. The highest BCUT2D eigenvalue weighted by atomic mass is 19.4.